The van der Waals surface area contributed by atoms with Crippen molar-refractivity contribution in [1.29, 1.82) is 0 Å². The van der Waals surface area contributed by atoms with Gasteiger partial charge in [-0.3, -0.25) is 9.78 Å². The second-order valence-electron chi connectivity index (χ2n) is 6.65. The number of rotatable bonds is 7. The van der Waals surface area contributed by atoms with Gasteiger partial charge in [-0.05, 0) is 42.8 Å². The molecular formula is C20H20N4O3S2. The van der Waals surface area contributed by atoms with Crippen LogP contribution in [-0.2, 0) is 21.2 Å². The highest BCUT2D eigenvalue weighted by Crippen LogP contribution is 2.23. The molecule has 3 aromatic rings. The van der Waals surface area contributed by atoms with Crippen LogP contribution in [0.4, 0.5) is 5.69 Å². The van der Waals surface area contributed by atoms with E-state index in [1.807, 2.05) is 23.6 Å². The molecule has 29 heavy (non-hydrogen) atoms. The van der Waals surface area contributed by atoms with Crippen LogP contribution in [0, 0.1) is 0 Å². The topological polar surface area (TPSA) is 92.3 Å². The van der Waals surface area contributed by atoms with Gasteiger partial charge in [-0.1, -0.05) is 6.07 Å². The van der Waals surface area contributed by atoms with Crippen LogP contribution in [0.25, 0.3) is 10.7 Å². The van der Waals surface area contributed by atoms with E-state index in [0.717, 1.165) is 28.5 Å². The number of amides is 1. The summed E-state index contributed by atoms with van der Waals surface area (Å²) in [4.78, 5) is 22.5. The number of benzene rings is 1. The number of anilines is 1. The predicted molar refractivity (Wildman–Crippen MR) is 112 cm³/mol. The smallest absolute Gasteiger partial charge is 0.240 e. The summed E-state index contributed by atoms with van der Waals surface area (Å²) in [5.74, 6) is 0.0760. The molecule has 2 aromatic heterocycles. The number of sulfonamides is 1. The Bertz CT molecular complexity index is 1100. The summed E-state index contributed by atoms with van der Waals surface area (Å²) >= 11 is 1.49. The van der Waals surface area contributed by atoms with Crippen LogP contribution in [0.15, 0.2) is 58.9 Å². The number of nitrogens with one attached hydrogen (secondary N) is 1. The molecule has 0 saturated carbocycles. The third-order valence-electron chi connectivity index (χ3n) is 4.64. The van der Waals surface area contributed by atoms with Crippen LogP contribution >= 0.6 is 11.3 Å². The Labute approximate surface area is 173 Å². The van der Waals surface area contributed by atoms with Gasteiger partial charge in [-0.25, -0.2) is 18.1 Å². The van der Waals surface area contributed by atoms with E-state index >= 15 is 0 Å². The van der Waals surface area contributed by atoms with E-state index in [-0.39, 0.29) is 17.3 Å². The zero-order valence-electron chi connectivity index (χ0n) is 15.6. The Morgan fingerprint density at radius 2 is 1.97 bits per heavy atom. The van der Waals surface area contributed by atoms with E-state index < -0.39 is 10.0 Å². The molecular weight excluding hydrogens is 408 g/mol. The van der Waals surface area contributed by atoms with Crippen molar-refractivity contribution >= 4 is 33.0 Å². The largest absolute Gasteiger partial charge is 0.312 e. The zero-order valence-corrected chi connectivity index (χ0v) is 17.2. The first-order chi connectivity index (χ1) is 14.0. The number of hydrogen-bond donors (Lipinski definition) is 1. The fourth-order valence-electron chi connectivity index (χ4n) is 3.15. The quantitative estimate of drug-likeness (QED) is 0.625. The Morgan fingerprint density at radius 3 is 2.66 bits per heavy atom. The molecule has 1 saturated heterocycles. The van der Waals surface area contributed by atoms with Crippen LogP contribution < -0.4 is 9.62 Å². The summed E-state index contributed by atoms with van der Waals surface area (Å²) in [7, 11) is -3.62. The third-order valence-corrected chi connectivity index (χ3v) is 7.03. The molecule has 0 radical (unpaired) electrons. The molecule has 1 aliphatic heterocycles. The first-order valence-corrected chi connectivity index (χ1v) is 11.7. The molecule has 0 unspecified atom stereocenters. The molecule has 0 aliphatic carbocycles. The van der Waals surface area contributed by atoms with Crippen LogP contribution in [0.1, 0.15) is 18.5 Å². The summed E-state index contributed by atoms with van der Waals surface area (Å²) in [6, 6.07) is 12.1. The monoisotopic (exact) mass is 428 g/mol. The maximum Gasteiger partial charge on any atom is 0.240 e. The van der Waals surface area contributed by atoms with Gasteiger partial charge in [-0.15, -0.1) is 11.3 Å². The summed E-state index contributed by atoms with van der Waals surface area (Å²) < 4.78 is 27.7. The summed E-state index contributed by atoms with van der Waals surface area (Å²) in [5.41, 5.74) is 2.36. The minimum absolute atomic E-state index is 0.0760. The van der Waals surface area contributed by atoms with Crippen molar-refractivity contribution in [3.05, 3.63) is 59.7 Å². The van der Waals surface area contributed by atoms with Crippen LogP contribution in [0.3, 0.4) is 0 Å². The van der Waals surface area contributed by atoms with E-state index in [1.54, 1.807) is 23.2 Å². The number of hydrogen-bond acceptors (Lipinski definition) is 6. The van der Waals surface area contributed by atoms with Gasteiger partial charge in [0, 0.05) is 43.2 Å². The minimum atomic E-state index is -3.62. The minimum Gasteiger partial charge on any atom is -0.312 e. The molecule has 1 N–H and O–H groups in total. The third kappa shape index (κ3) is 4.52. The average Bonchev–Trinajstić information content (AvgIpc) is 3.38. The van der Waals surface area contributed by atoms with Crippen molar-refractivity contribution in [3.63, 3.8) is 0 Å². The lowest BCUT2D eigenvalue weighted by Crippen LogP contribution is -2.26. The normalized spacial score (nSPS) is 14.5. The first-order valence-electron chi connectivity index (χ1n) is 9.29. The van der Waals surface area contributed by atoms with Crippen molar-refractivity contribution in [2.45, 2.75) is 24.2 Å². The first kappa shape index (κ1) is 19.7. The van der Waals surface area contributed by atoms with E-state index in [9.17, 15) is 13.2 Å². The standard InChI is InChI=1S/C20H20N4O3S2/c25-19-5-3-13-24(19)16-6-8-17(9-7-16)29(26,27)22-12-10-15-14-28-20(23-15)18-4-1-2-11-21-18/h1-2,4,6-9,11,14,22H,3,5,10,12-13H2. The molecule has 9 heteroatoms. The maximum atomic E-state index is 12.5. The number of thiazole rings is 1. The van der Waals surface area contributed by atoms with Crippen LogP contribution in [-0.4, -0.2) is 37.4 Å². The molecule has 1 aromatic carbocycles. The van der Waals surface area contributed by atoms with Gasteiger partial charge in [0.2, 0.25) is 15.9 Å². The summed E-state index contributed by atoms with van der Waals surface area (Å²) in [6.07, 6.45) is 3.58. The molecule has 1 fully saturated rings. The van der Waals surface area contributed by atoms with Gasteiger partial charge in [-0.2, -0.15) is 0 Å². The van der Waals surface area contributed by atoms with Crippen molar-refractivity contribution in [2.24, 2.45) is 0 Å². The zero-order chi connectivity index (χ0) is 20.3. The summed E-state index contributed by atoms with van der Waals surface area (Å²) in [5, 5.41) is 2.73. The molecule has 0 spiro atoms. The molecule has 3 heterocycles. The van der Waals surface area contributed by atoms with Crippen molar-refractivity contribution in [3.8, 4) is 10.7 Å². The molecule has 0 bridgehead atoms. The number of aromatic nitrogens is 2. The lowest BCUT2D eigenvalue weighted by Gasteiger charge is -2.16. The highest BCUT2D eigenvalue weighted by atomic mass is 32.2. The lowest BCUT2D eigenvalue weighted by atomic mass is 10.3. The van der Waals surface area contributed by atoms with Gasteiger partial charge in [0.05, 0.1) is 16.3 Å². The number of carbonyl (C=O) groups is 1. The van der Waals surface area contributed by atoms with Gasteiger partial charge in [0.25, 0.3) is 0 Å². The Kier molecular flexibility index (Phi) is 5.70. The highest BCUT2D eigenvalue weighted by molar-refractivity contribution is 7.89. The fraction of sp³-hybridized carbons (Fsp3) is 0.250. The van der Waals surface area contributed by atoms with Crippen molar-refractivity contribution < 1.29 is 13.2 Å². The Morgan fingerprint density at radius 1 is 1.14 bits per heavy atom. The maximum absolute atomic E-state index is 12.5. The average molecular weight is 429 g/mol. The van der Waals surface area contributed by atoms with E-state index in [0.29, 0.717) is 19.4 Å². The van der Waals surface area contributed by atoms with Crippen LogP contribution in [0.2, 0.25) is 0 Å². The molecule has 7 nitrogen and oxygen atoms in total. The van der Waals surface area contributed by atoms with Gasteiger partial charge in [0.1, 0.15) is 5.01 Å². The molecule has 1 aliphatic rings. The van der Waals surface area contributed by atoms with Crippen molar-refractivity contribution in [1.82, 2.24) is 14.7 Å². The second-order valence-corrected chi connectivity index (χ2v) is 9.27. The fourth-order valence-corrected chi connectivity index (χ4v) is 5.01. The van der Waals surface area contributed by atoms with Gasteiger partial charge in [0.15, 0.2) is 0 Å². The molecule has 1 amide bonds. The number of nitrogens with zero attached hydrogens (tertiary/aromatic N) is 3. The Balaban J connectivity index is 1.36. The summed E-state index contributed by atoms with van der Waals surface area (Å²) in [6.45, 7) is 0.928. The second kappa shape index (κ2) is 8.40. The van der Waals surface area contributed by atoms with E-state index in [2.05, 4.69) is 14.7 Å². The van der Waals surface area contributed by atoms with Gasteiger partial charge >= 0.3 is 0 Å². The van der Waals surface area contributed by atoms with E-state index in [4.69, 9.17) is 0 Å². The van der Waals surface area contributed by atoms with Gasteiger partial charge < -0.3 is 4.90 Å². The predicted octanol–water partition coefficient (Wildman–Crippen LogP) is 2.85. The highest BCUT2D eigenvalue weighted by Gasteiger charge is 2.22. The SMILES string of the molecule is O=C1CCCN1c1ccc(S(=O)(=O)NCCc2csc(-c3ccccn3)n2)cc1. The van der Waals surface area contributed by atoms with E-state index in [1.165, 1.54) is 23.5 Å². The lowest BCUT2D eigenvalue weighted by molar-refractivity contribution is -0.117. The Hall–Kier alpha value is -2.62. The van der Waals surface area contributed by atoms with Crippen LogP contribution in [0.5, 0.6) is 0 Å². The number of pyridine rings is 1. The van der Waals surface area contributed by atoms with Crippen molar-refractivity contribution in [2.75, 3.05) is 18.0 Å². The molecule has 150 valence electrons. The molecule has 4 rings (SSSR count). The number of carbonyl (C=O) groups excluding carboxylic acids is 1. The molecule has 0 atom stereocenters.